The average molecular weight is 794 g/mol. The van der Waals surface area contributed by atoms with Gasteiger partial charge in [0.25, 0.3) is 5.56 Å². The molecule has 0 amide bonds. The van der Waals surface area contributed by atoms with Gasteiger partial charge in [0.05, 0.1) is 46.0 Å². The number of ether oxygens (including phenoxy) is 4. The maximum atomic E-state index is 14.4. The number of benzene rings is 3. The molecule has 0 unspecified atom stereocenters. The van der Waals surface area contributed by atoms with E-state index in [9.17, 15) is 27.6 Å². The second kappa shape index (κ2) is 15.7. The summed E-state index contributed by atoms with van der Waals surface area (Å²) < 4.78 is 66.8. The van der Waals surface area contributed by atoms with Gasteiger partial charge in [0.2, 0.25) is 0 Å². The zero-order valence-corrected chi connectivity index (χ0v) is 30.0. The lowest BCUT2D eigenvalue weighted by atomic mass is 9.95. The van der Waals surface area contributed by atoms with Gasteiger partial charge in [0.1, 0.15) is 6.61 Å². The molecule has 9 nitrogen and oxygen atoms in total. The Hall–Kier alpha value is -4.40. The van der Waals surface area contributed by atoms with Crippen molar-refractivity contribution in [1.29, 1.82) is 0 Å². The molecular formula is C35H29BrClF3N2O7S. The van der Waals surface area contributed by atoms with E-state index in [1.54, 1.807) is 50.2 Å². The van der Waals surface area contributed by atoms with Crippen molar-refractivity contribution in [3.05, 3.63) is 123 Å². The fourth-order valence-electron chi connectivity index (χ4n) is 5.13. The Kier molecular flexibility index (Phi) is 11.5. The molecule has 0 N–H and O–H groups in total. The second-order valence-electron chi connectivity index (χ2n) is 10.6. The van der Waals surface area contributed by atoms with Crippen LogP contribution >= 0.6 is 38.9 Å². The van der Waals surface area contributed by atoms with E-state index < -0.39 is 41.0 Å². The molecule has 0 saturated heterocycles. The lowest BCUT2D eigenvalue weighted by Crippen LogP contribution is -2.41. The third-order valence-electron chi connectivity index (χ3n) is 7.26. The maximum absolute atomic E-state index is 14.4. The average Bonchev–Trinajstić information content (AvgIpc) is 3.38. The molecule has 0 saturated carbocycles. The first-order valence-electron chi connectivity index (χ1n) is 15.3. The van der Waals surface area contributed by atoms with Gasteiger partial charge in [-0.15, -0.1) is 0 Å². The van der Waals surface area contributed by atoms with E-state index in [0.717, 1.165) is 21.5 Å². The van der Waals surface area contributed by atoms with Crippen molar-refractivity contribution in [3.63, 3.8) is 0 Å². The predicted molar refractivity (Wildman–Crippen MR) is 184 cm³/mol. The van der Waals surface area contributed by atoms with Crippen LogP contribution in [0.25, 0.3) is 6.08 Å². The molecular weight excluding hydrogens is 765 g/mol. The van der Waals surface area contributed by atoms with Crippen LogP contribution in [0.4, 0.5) is 13.2 Å². The standard InChI is InChI=1S/C35H29BrClF3N2O7S/c1-4-46-25-16-20(15-24(36)29(25)49-18-19-7-9-22(10-8-19)32(44)47-5-2)17-26-31(43)42-28(21-11-13-23(37)14-12-21)27(33(45)48-6-3)30(35(38,39)40)41-34(42)50-26/h7-17,28H,4-6,18H2,1-3H3/b26-17-/t28-/m0/s1. The molecule has 0 spiro atoms. The molecule has 262 valence electrons. The molecule has 4 aromatic rings. The molecule has 0 fully saturated rings. The first-order chi connectivity index (χ1) is 23.9. The molecule has 50 heavy (non-hydrogen) atoms. The van der Waals surface area contributed by atoms with Gasteiger partial charge in [-0.3, -0.25) is 9.36 Å². The summed E-state index contributed by atoms with van der Waals surface area (Å²) in [6, 6.07) is 14.4. The van der Waals surface area contributed by atoms with E-state index in [1.165, 1.54) is 37.3 Å². The lowest BCUT2D eigenvalue weighted by Gasteiger charge is -2.26. The number of rotatable bonds is 11. The first kappa shape index (κ1) is 36.9. The Morgan fingerprint density at radius 3 is 2.24 bits per heavy atom. The van der Waals surface area contributed by atoms with Crippen molar-refractivity contribution in [1.82, 2.24) is 4.57 Å². The minimum Gasteiger partial charge on any atom is -0.490 e. The van der Waals surface area contributed by atoms with Crippen molar-refractivity contribution in [2.24, 2.45) is 4.99 Å². The Bertz CT molecular complexity index is 2130. The Balaban J connectivity index is 1.57. The quantitative estimate of drug-likeness (QED) is 0.152. The van der Waals surface area contributed by atoms with Gasteiger partial charge in [-0.1, -0.05) is 47.2 Å². The van der Waals surface area contributed by atoms with Crippen molar-refractivity contribution in [3.8, 4) is 11.5 Å². The summed E-state index contributed by atoms with van der Waals surface area (Å²) in [6.45, 7) is 5.46. The van der Waals surface area contributed by atoms with Gasteiger partial charge in [0.15, 0.2) is 22.0 Å². The number of esters is 2. The van der Waals surface area contributed by atoms with E-state index in [4.69, 9.17) is 30.5 Å². The topological polar surface area (TPSA) is 105 Å². The minimum absolute atomic E-state index is 0.0547. The zero-order valence-electron chi connectivity index (χ0n) is 26.8. The van der Waals surface area contributed by atoms with Crippen LogP contribution in [-0.2, 0) is 20.9 Å². The summed E-state index contributed by atoms with van der Waals surface area (Å²) in [5, 5.41) is 0.314. The molecule has 2 heterocycles. The number of carbonyl (C=O) groups excluding carboxylic acids is 2. The van der Waals surface area contributed by atoms with Crippen LogP contribution in [0.15, 0.2) is 86.2 Å². The number of fused-ring (bicyclic) bond motifs is 1. The van der Waals surface area contributed by atoms with E-state index in [1.807, 2.05) is 0 Å². The number of allylic oxidation sites excluding steroid dienone is 1. The molecule has 1 aromatic heterocycles. The van der Waals surface area contributed by atoms with Crippen molar-refractivity contribution in [2.75, 3.05) is 19.8 Å². The molecule has 0 radical (unpaired) electrons. The minimum atomic E-state index is -5.03. The van der Waals surface area contributed by atoms with Crippen LogP contribution in [0.1, 0.15) is 53.9 Å². The van der Waals surface area contributed by atoms with Crippen molar-refractivity contribution in [2.45, 2.75) is 39.6 Å². The SMILES string of the molecule is CCOC(=O)C1=C(C(F)(F)F)N=c2s/c(=C\c3cc(Br)c(OCc4ccc(C(=O)OCC)cc4)c(OCC)c3)c(=O)n2[C@H]1c1ccc(Cl)cc1. The van der Waals surface area contributed by atoms with Crippen LogP contribution in [0.3, 0.4) is 0 Å². The summed E-state index contributed by atoms with van der Waals surface area (Å²) >= 11 is 10.3. The summed E-state index contributed by atoms with van der Waals surface area (Å²) in [5.41, 5.74) is -1.06. The third kappa shape index (κ3) is 7.98. The van der Waals surface area contributed by atoms with Crippen LogP contribution in [-0.4, -0.2) is 42.5 Å². The molecule has 5 rings (SSSR count). The normalized spacial score (nSPS) is 14.6. The largest absolute Gasteiger partial charge is 0.490 e. The molecule has 0 bridgehead atoms. The smallest absolute Gasteiger partial charge is 0.434 e. The number of hydrogen-bond acceptors (Lipinski definition) is 9. The van der Waals surface area contributed by atoms with Crippen molar-refractivity contribution < 1.29 is 41.7 Å². The number of thiazole rings is 1. The predicted octanol–water partition coefficient (Wildman–Crippen LogP) is 6.91. The number of aromatic nitrogens is 1. The van der Waals surface area contributed by atoms with Crippen LogP contribution in [0, 0.1) is 0 Å². The molecule has 3 aromatic carbocycles. The summed E-state index contributed by atoms with van der Waals surface area (Å²) in [4.78, 5) is 42.6. The highest BCUT2D eigenvalue weighted by Crippen LogP contribution is 2.39. The lowest BCUT2D eigenvalue weighted by molar-refractivity contribution is -0.140. The van der Waals surface area contributed by atoms with E-state index in [-0.39, 0.29) is 41.3 Å². The van der Waals surface area contributed by atoms with E-state index >= 15 is 0 Å². The number of alkyl halides is 3. The fourth-order valence-corrected chi connectivity index (χ4v) is 6.83. The van der Waals surface area contributed by atoms with Gasteiger partial charge in [-0.05, 0) is 95.9 Å². The zero-order chi connectivity index (χ0) is 36.2. The number of nitrogens with zero attached hydrogens (tertiary/aromatic N) is 2. The van der Waals surface area contributed by atoms with Crippen LogP contribution < -0.4 is 24.4 Å². The van der Waals surface area contributed by atoms with Gasteiger partial charge in [-0.2, -0.15) is 13.2 Å². The first-order valence-corrected chi connectivity index (χ1v) is 17.3. The molecule has 1 aliphatic rings. The van der Waals surface area contributed by atoms with Gasteiger partial charge >= 0.3 is 18.1 Å². The van der Waals surface area contributed by atoms with E-state index in [2.05, 4.69) is 20.9 Å². The highest BCUT2D eigenvalue weighted by atomic mass is 79.9. The maximum Gasteiger partial charge on any atom is 0.434 e. The highest BCUT2D eigenvalue weighted by Gasteiger charge is 2.45. The Labute approximate surface area is 301 Å². The molecule has 1 atom stereocenters. The highest BCUT2D eigenvalue weighted by molar-refractivity contribution is 9.10. The summed E-state index contributed by atoms with van der Waals surface area (Å²) in [5.74, 6) is -0.956. The van der Waals surface area contributed by atoms with Gasteiger partial charge < -0.3 is 18.9 Å². The van der Waals surface area contributed by atoms with Gasteiger partial charge in [-0.25, -0.2) is 14.6 Å². The third-order valence-corrected chi connectivity index (χ3v) is 9.08. The van der Waals surface area contributed by atoms with Crippen LogP contribution in [0.5, 0.6) is 11.5 Å². The Morgan fingerprint density at radius 1 is 0.960 bits per heavy atom. The summed E-state index contributed by atoms with van der Waals surface area (Å²) in [6.07, 6.45) is -3.53. The van der Waals surface area contributed by atoms with Gasteiger partial charge in [0, 0.05) is 5.02 Å². The number of hydrogen-bond donors (Lipinski definition) is 0. The molecule has 15 heteroatoms. The van der Waals surface area contributed by atoms with E-state index in [0.29, 0.717) is 32.1 Å². The summed E-state index contributed by atoms with van der Waals surface area (Å²) in [7, 11) is 0. The fraction of sp³-hybridized carbons (Fsp3) is 0.257. The van der Waals surface area contributed by atoms with Crippen LogP contribution in [0.2, 0.25) is 5.02 Å². The monoisotopic (exact) mass is 792 g/mol. The Morgan fingerprint density at radius 2 is 1.62 bits per heavy atom. The second-order valence-corrected chi connectivity index (χ2v) is 12.9. The number of halogens is 5. The van der Waals surface area contributed by atoms with Crippen molar-refractivity contribution >= 4 is 56.9 Å². The molecule has 0 aliphatic carbocycles. The number of carbonyl (C=O) groups is 2. The molecule has 1 aliphatic heterocycles.